The zero-order valence-electron chi connectivity index (χ0n) is 20.2. The number of amides is 1. The van der Waals surface area contributed by atoms with Crippen molar-refractivity contribution < 1.29 is 13.6 Å². The summed E-state index contributed by atoms with van der Waals surface area (Å²) in [4.78, 5) is 28.9. The van der Waals surface area contributed by atoms with Crippen LogP contribution in [0, 0.1) is 11.6 Å². The molecule has 0 unspecified atom stereocenters. The van der Waals surface area contributed by atoms with E-state index in [1.54, 1.807) is 30.5 Å². The Morgan fingerprint density at radius 3 is 2.59 bits per heavy atom. The van der Waals surface area contributed by atoms with Crippen LogP contribution in [-0.2, 0) is 4.79 Å². The average molecular weight is 502 g/mol. The van der Waals surface area contributed by atoms with Crippen LogP contribution >= 0.6 is 0 Å². The lowest BCUT2D eigenvalue weighted by Gasteiger charge is -2.34. The molecule has 1 aliphatic rings. The van der Waals surface area contributed by atoms with Crippen LogP contribution in [0.15, 0.2) is 67.5 Å². The number of rotatable bonds is 6. The van der Waals surface area contributed by atoms with Gasteiger partial charge in [0, 0.05) is 55.2 Å². The van der Waals surface area contributed by atoms with Gasteiger partial charge in [0.25, 0.3) is 0 Å². The molecule has 2 aromatic heterocycles. The molecule has 2 N–H and O–H groups in total. The van der Waals surface area contributed by atoms with Crippen molar-refractivity contribution in [1.82, 2.24) is 19.9 Å². The number of hydrogen-bond donors (Lipinski definition) is 2. The monoisotopic (exact) mass is 501 g/mol. The third-order valence-corrected chi connectivity index (χ3v) is 6.25. The highest BCUT2D eigenvalue weighted by molar-refractivity contribution is 5.99. The zero-order valence-corrected chi connectivity index (χ0v) is 20.2. The number of likely N-dealkylation sites (N-methyl/N-ethyl adjacent to an activating group) is 1. The number of nitrogens with one attached hydrogen (secondary N) is 2. The second kappa shape index (κ2) is 10.3. The highest BCUT2D eigenvalue weighted by atomic mass is 19.1. The second-order valence-electron chi connectivity index (χ2n) is 8.76. The first kappa shape index (κ1) is 24.3. The number of piperazine rings is 1. The van der Waals surface area contributed by atoms with E-state index in [1.165, 1.54) is 18.3 Å². The topological polar surface area (TPSA) is 86.3 Å². The van der Waals surface area contributed by atoms with Gasteiger partial charge < -0.3 is 20.4 Å². The highest BCUT2D eigenvalue weighted by Gasteiger charge is 2.17. The molecule has 0 spiro atoms. The molecule has 1 aliphatic heterocycles. The van der Waals surface area contributed by atoms with E-state index >= 15 is 8.78 Å². The van der Waals surface area contributed by atoms with Gasteiger partial charge in [-0.3, -0.25) is 4.79 Å². The minimum Gasteiger partial charge on any atom is -0.369 e. The molecule has 1 amide bonds. The van der Waals surface area contributed by atoms with Gasteiger partial charge in [-0.25, -0.2) is 23.7 Å². The van der Waals surface area contributed by atoms with Crippen LogP contribution in [-0.4, -0.2) is 59.0 Å². The van der Waals surface area contributed by atoms with Crippen LogP contribution in [0.25, 0.3) is 22.0 Å². The number of fused-ring (bicyclic) bond motifs is 1. The molecule has 5 rings (SSSR count). The first-order valence-electron chi connectivity index (χ1n) is 11.8. The summed E-state index contributed by atoms with van der Waals surface area (Å²) in [5, 5.41) is 6.08. The number of pyridine rings is 1. The highest BCUT2D eigenvalue weighted by Crippen LogP contribution is 2.32. The van der Waals surface area contributed by atoms with Gasteiger partial charge in [-0.15, -0.1) is 0 Å². The summed E-state index contributed by atoms with van der Waals surface area (Å²) in [6.07, 6.45) is 4.13. The Balaban J connectivity index is 1.46. The summed E-state index contributed by atoms with van der Waals surface area (Å²) in [6, 6.07) is 11.1. The van der Waals surface area contributed by atoms with E-state index in [9.17, 15) is 4.79 Å². The number of benzene rings is 2. The minimum absolute atomic E-state index is 0.125. The van der Waals surface area contributed by atoms with E-state index in [4.69, 9.17) is 0 Å². The number of halogens is 2. The zero-order chi connectivity index (χ0) is 25.9. The molecular formula is C27H25F2N7O. The molecule has 1 fully saturated rings. The summed E-state index contributed by atoms with van der Waals surface area (Å²) in [5.74, 6) is -1.01. The smallest absolute Gasteiger partial charge is 0.248 e. The van der Waals surface area contributed by atoms with Gasteiger partial charge in [0.1, 0.15) is 17.5 Å². The van der Waals surface area contributed by atoms with Gasteiger partial charge >= 0.3 is 0 Å². The van der Waals surface area contributed by atoms with Crippen molar-refractivity contribution >= 4 is 40.0 Å². The fraction of sp³-hybridized carbons (Fsp3) is 0.185. The largest absolute Gasteiger partial charge is 0.369 e. The number of carbonyl (C=O) groups excluding carboxylic acids is 1. The molecular weight excluding hydrogens is 476 g/mol. The number of anilines is 4. The van der Waals surface area contributed by atoms with Gasteiger partial charge in [0.05, 0.1) is 11.2 Å². The van der Waals surface area contributed by atoms with Crippen LogP contribution in [0.1, 0.15) is 0 Å². The van der Waals surface area contributed by atoms with E-state index in [2.05, 4.69) is 49.0 Å². The van der Waals surface area contributed by atoms with Crippen LogP contribution in [0.4, 0.5) is 31.9 Å². The van der Waals surface area contributed by atoms with Crippen LogP contribution in [0.5, 0.6) is 0 Å². The van der Waals surface area contributed by atoms with Gasteiger partial charge in [-0.05, 0) is 61.2 Å². The van der Waals surface area contributed by atoms with Crippen LogP contribution < -0.4 is 15.5 Å². The van der Waals surface area contributed by atoms with Crippen molar-refractivity contribution in [3.8, 4) is 11.1 Å². The number of nitrogens with zero attached hydrogens (tertiary/aromatic N) is 5. The van der Waals surface area contributed by atoms with Crippen molar-refractivity contribution in [2.75, 3.05) is 48.8 Å². The quantitative estimate of drug-likeness (QED) is 0.374. The molecule has 37 heavy (non-hydrogen) atoms. The molecule has 4 aromatic rings. The molecule has 3 heterocycles. The number of carbonyl (C=O) groups is 1. The summed E-state index contributed by atoms with van der Waals surface area (Å²) in [6.45, 7) is 6.93. The van der Waals surface area contributed by atoms with Crippen molar-refractivity contribution in [3.63, 3.8) is 0 Å². The van der Waals surface area contributed by atoms with Crippen molar-refractivity contribution in [2.24, 2.45) is 0 Å². The Labute approximate surface area is 212 Å². The standard InChI is InChI=1S/C27H25F2N7O/c1-3-24(37)33-23-14-17(8-9-30-23)25-20(28)6-4-18-16-31-27(34-26(18)25)32-22-7-5-19(15-21(22)29)36-12-10-35(2)11-13-36/h3-9,14-16H,1,10-13H2,2H3,(H,30,33,37)(H,31,32,34). The third kappa shape index (κ3) is 5.24. The lowest BCUT2D eigenvalue weighted by atomic mass is 10.0. The first-order chi connectivity index (χ1) is 17.9. The van der Waals surface area contributed by atoms with Gasteiger partial charge in [0.15, 0.2) is 0 Å². The molecule has 0 atom stereocenters. The van der Waals surface area contributed by atoms with E-state index in [0.29, 0.717) is 16.5 Å². The van der Waals surface area contributed by atoms with Crippen LogP contribution in [0.3, 0.4) is 0 Å². The summed E-state index contributed by atoms with van der Waals surface area (Å²) < 4.78 is 30.1. The molecule has 0 radical (unpaired) electrons. The molecule has 0 aliphatic carbocycles. The van der Waals surface area contributed by atoms with Crippen LogP contribution in [0.2, 0.25) is 0 Å². The summed E-state index contributed by atoms with van der Waals surface area (Å²) in [7, 11) is 2.07. The van der Waals surface area contributed by atoms with Crippen molar-refractivity contribution in [3.05, 3.63) is 79.1 Å². The van der Waals surface area contributed by atoms with E-state index in [-0.39, 0.29) is 23.0 Å². The maximum absolute atomic E-state index is 15.1. The van der Waals surface area contributed by atoms with Crippen molar-refractivity contribution in [2.45, 2.75) is 0 Å². The fourth-order valence-electron chi connectivity index (χ4n) is 4.23. The SMILES string of the molecule is C=CC(=O)Nc1cc(-c2c(F)ccc3cnc(Nc4ccc(N5CCN(C)CC5)cc4F)nc23)ccn1. The maximum Gasteiger partial charge on any atom is 0.248 e. The third-order valence-electron chi connectivity index (χ3n) is 6.25. The lowest BCUT2D eigenvalue weighted by Crippen LogP contribution is -2.44. The number of aromatic nitrogens is 3. The molecule has 8 nitrogen and oxygen atoms in total. The van der Waals surface area contributed by atoms with Gasteiger partial charge in [-0.1, -0.05) is 6.58 Å². The van der Waals surface area contributed by atoms with E-state index in [0.717, 1.165) is 37.9 Å². The first-order valence-corrected chi connectivity index (χ1v) is 11.8. The molecule has 1 saturated heterocycles. The lowest BCUT2D eigenvalue weighted by molar-refractivity contribution is -0.111. The fourth-order valence-corrected chi connectivity index (χ4v) is 4.23. The van der Waals surface area contributed by atoms with Crippen molar-refractivity contribution in [1.29, 1.82) is 0 Å². The van der Waals surface area contributed by atoms with Gasteiger partial charge in [-0.2, -0.15) is 0 Å². The van der Waals surface area contributed by atoms with Gasteiger partial charge in [0.2, 0.25) is 11.9 Å². The molecule has 188 valence electrons. The Hall–Kier alpha value is -4.44. The molecule has 10 heteroatoms. The Kier molecular flexibility index (Phi) is 6.74. The molecule has 2 aromatic carbocycles. The maximum atomic E-state index is 15.1. The number of hydrogen-bond acceptors (Lipinski definition) is 7. The predicted molar refractivity (Wildman–Crippen MR) is 141 cm³/mol. The Morgan fingerprint density at radius 2 is 1.84 bits per heavy atom. The Morgan fingerprint density at radius 1 is 1.03 bits per heavy atom. The summed E-state index contributed by atoms with van der Waals surface area (Å²) >= 11 is 0. The summed E-state index contributed by atoms with van der Waals surface area (Å²) in [5.41, 5.74) is 2.04. The second-order valence-corrected chi connectivity index (χ2v) is 8.76. The average Bonchev–Trinajstić information content (AvgIpc) is 2.90. The minimum atomic E-state index is -0.507. The predicted octanol–water partition coefficient (Wildman–Crippen LogP) is 4.59. The molecule has 0 saturated carbocycles. The van der Waals surface area contributed by atoms with E-state index in [1.807, 2.05) is 6.07 Å². The normalized spacial score (nSPS) is 14.0. The van der Waals surface area contributed by atoms with E-state index < -0.39 is 17.5 Å². The Bertz CT molecular complexity index is 1490. The molecule has 0 bridgehead atoms.